The third kappa shape index (κ3) is 2.83. The molecule has 1 N–H and O–H groups in total. The van der Waals surface area contributed by atoms with Crippen molar-refractivity contribution in [1.82, 2.24) is 0 Å². The first kappa shape index (κ1) is 13.7. The van der Waals surface area contributed by atoms with Crippen molar-refractivity contribution in [3.63, 3.8) is 0 Å². The van der Waals surface area contributed by atoms with Gasteiger partial charge in [0.2, 0.25) is 0 Å². The lowest BCUT2D eigenvalue weighted by atomic mass is 9.84. The molecule has 2 rings (SSSR count). The van der Waals surface area contributed by atoms with Crippen LogP contribution in [0.25, 0.3) is 0 Å². The Morgan fingerprint density at radius 3 is 2.50 bits per heavy atom. The van der Waals surface area contributed by atoms with Crippen LogP contribution in [0.15, 0.2) is 29.2 Å². The van der Waals surface area contributed by atoms with Gasteiger partial charge in [-0.2, -0.15) is 11.8 Å². The summed E-state index contributed by atoms with van der Waals surface area (Å²) in [6.07, 6.45) is 7.07. The Labute approximate surface area is 113 Å². The smallest absolute Gasteiger partial charge is 0.177 e. The summed E-state index contributed by atoms with van der Waals surface area (Å²) in [5.74, 6) is 0. The first-order valence-corrected chi connectivity index (χ1v) is 9.17. The predicted molar refractivity (Wildman–Crippen MR) is 78.1 cm³/mol. The Balaban J connectivity index is 2.15. The largest absolute Gasteiger partial charge is 0.383 e. The maximum Gasteiger partial charge on any atom is 0.177 e. The summed E-state index contributed by atoms with van der Waals surface area (Å²) in [5, 5.41) is 3.31. The number of anilines is 1. The maximum atomic E-state index is 11.7. The van der Waals surface area contributed by atoms with Gasteiger partial charge in [0.05, 0.1) is 10.6 Å². The predicted octanol–water partition coefficient (Wildman–Crippen LogP) is 2.79. The van der Waals surface area contributed by atoms with E-state index in [9.17, 15) is 8.42 Å². The second-order valence-electron chi connectivity index (χ2n) is 4.86. The van der Waals surface area contributed by atoms with E-state index in [-0.39, 0.29) is 0 Å². The molecule has 0 bridgehead atoms. The van der Waals surface area contributed by atoms with E-state index in [1.54, 1.807) is 12.1 Å². The molecule has 0 aromatic heterocycles. The van der Waals surface area contributed by atoms with Gasteiger partial charge < -0.3 is 5.32 Å². The average Bonchev–Trinajstić information content (AvgIpc) is 2.27. The van der Waals surface area contributed by atoms with Gasteiger partial charge in [-0.05, 0) is 31.2 Å². The zero-order chi connectivity index (χ0) is 13.2. The first-order chi connectivity index (χ1) is 8.47. The lowest BCUT2D eigenvalue weighted by molar-refractivity contribution is 0.379. The summed E-state index contributed by atoms with van der Waals surface area (Å²) in [4.78, 5) is 0.389. The minimum absolute atomic E-state index is 0.296. The van der Waals surface area contributed by atoms with Gasteiger partial charge in [0, 0.05) is 17.5 Å². The van der Waals surface area contributed by atoms with Gasteiger partial charge >= 0.3 is 0 Å². The maximum absolute atomic E-state index is 11.7. The molecule has 0 saturated heterocycles. The molecule has 1 saturated carbocycles. The molecule has 3 nitrogen and oxygen atoms in total. The van der Waals surface area contributed by atoms with Crippen LogP contribution in [-0.2, 0) is 9.84 Å². The van der Waals surface area contributed by atoms with Crippen molar-refractivity contribution < 1.29 is 8.42 Å². The Bertz CT molecular complexity index is 516. The average molecular weight is 285 g/mol. The van der Waals surface area contributed by atoms with Crippen molar-refractivity contribution in [3.05, 3.63) is 24.3 Å². The molecule has 18 heavy (non-hydrogen) atoms. The van der Waals surface area contributed by atoms with Crippen LogP contribution in [0.4, 0.5) is 5.69 Å². The summed E-state index contributed by atoms with van der Waals surface area (Å²) in [7, 11) is -3.17. The molecular formula is C13H19NO2S2. The summed E-state index contributed by atoms with van der Waals surface area (Å²) in [6, 6.07) is 7.12. The molecule has 0 atom stereocenters. The summed E-state index contributed by atoms with van der Waals surface area (Å²) in [6.45, 7) is 0.834. The van der Waals surface area contributed by atoms with Crippen LogP contribution in [0.5, 0.6) is 0 Å². The van der Waals surface area contributed by atoms with E-state index in [1.807, 2.05) is 23.9 Å². The number of hydrogen-bond donors (Lipinski definition) is 1. The highest BCUT2D eigenvalue weighted by atomic mass is 32.2. The van der Waals surface area contributed by atoms with Gasteiger partial charge in [-0.1, -0.05) is 18.6 Å². The van der Waals surface area contributed by atoms with Crippen molar-refractivity contribution >= 4 is 27.3 Å². The van der Waals surface area contributed by atoms with Gasteiger partial charge in [-0.15, -0.1) is 0 Å². The zero-order valence-corrected chi connectivity index (χ0v) is 12.4. The van der Waals surface area contributed by atoms with E-state index in [4.69, 9.17) is 0 Å². The van der Waals surface area contributed by atoms with E-state index < -0.39 is 9.84 Å². The van der Waals surface area contributed by atoms with Crippen LogP contribution in [0.2, 0.25) is 0 Å². The molecule has 0 radical (unpaired) electrons. The van der Waals surface area contributed by atoms with Crippen LogP contribution < -0.4 is 5.32 Å². The highest BCUT2D eigenvalue weighted by Gasteiger charge is 2.36. The van der Waals surface area contributed by atoms with Gasteiger partial charge in [0.15, 0.2) is 9.84 Å². The number of sulfone groups is 1. The Hall–Kier alpha value is -0.680. The van der Waals surface area contributed by atoms with Gasteiger partial charge in [-0.25, -0.2) is 8.42 Å². The molecule has 0 unspecified atom stereocenters. The van der Waals surface area contributed by atoms with Gasteiger partial charge in [-0.3, -0.25) is 0 Å². The Morgan fingerprint density at radius 2 is 2.00 bits per heavy atom. The molecule has 100 valence electrons. The number of benzene rings is 1. The van der Waals surface area contributed by atoms with Crippen LogP contribution in [-0.4, -0.2) is 32.2 Å². The van der Waals surface area contributed by atoms with Crippen molar-refractivity contribution in [1.29, 1.82) is 0 Å². The van der Waals surface area contributed by atoms with Crippen LogP contribution in [0.1, 0.15) is 19.3 Å². The molecule has 1 aliphatic carbocycles. The van der Waals surface area contributed by atoms with E-state index in [1.165, 1.54) is 25.5 Å². The molecule has 1 aromatic carbocycles. The van der Waals surface area contributed by atoms with Gasteiger partial charge in [0.1, 0.15) is 0 Å². The van der Waals surface area contributed by atoms with Crippen LogP contribution in [0.3, 0.4) is 0 Å². The first-order valence-electron chi connectivity index (χ1n) is 6.05. The normalized spacial score (nSPS) is 18.1. The van der Waals surface area contributed by atoms with Gasteiger partial charge in [0.25, 0.3) is 0 Å². The van der Waals surface area contributed by atoms with Crippen molar-refractivity contribution in [2.75, 3.05) is 24.4 Å². The Morgan fingerprint density at radius 1 is 1.33 bits per heavy atom. The van der Waals surface area contributed by atoms with E-state index >= 15 is 0 Å². The number of hydrogen-bond acceptors (Lipinski definition) is 4. The third-order valence-corrected chi connectivity index (χ3v) is 6.16. The monoisotopic (exact) mass is 285 g/mol. The van der Waals surface area contributed by atoms with E-state index in [0.717, 1.165) is 12.2 Å². The van der Waals surface area contributed by atoms with Crippen molar-refractivity contribution in [2.24, 2.45) is 0 Å². The number of rotatable bonds is 5. The number of thioether (sulfide) groups is 1. The lowest BCUT2D eigenvalue weighted by Crippen LogP contribution is -2.40. The second kappa shape index (κ2) is 5.13. The molecule has 0 amide bonds. The molecule has 1 fully saturated rings. The fraction of sp³-hybridized carbons (Fsp3) is 0.538. The lowest BCUT2D eigenvalue weighted by Gasteiger charge is -2.40. The van der Waals surface area contributed by atoms with E-state index in [2.05, 4.69) is 11.6 Å². The molecule has 0 spiro atoms. The van der Waals surface area contributed by atoms with Crippen molar-refractivity contribution in [3.8, 4) is 0 Å². The number of para-hydroxylation sites is 1. The molecule has 5 heteroatoms. The minimum atomic E-state index is -3.17. The van der Waals surface area contributed by atoms with Crippen LogP contribution in [0, 0.1) is 0 Å². The molecule has 0 heterocycles. The van der Waals surface area contributed by atoms with Crippen molar-refractivity contribution in [2.45, 2.75) is 28.9 Å². The fourth-order valence-corrected chi connectivity index (χ4v) is 4.00. The van der Waals surface area contributed by atoms with Crippen LogP contribution >= 0.6 is 11.8 Å². The highest BCUT2D eigenvalue weighted by molar-refractivity contribution is 8.00. The number of nitrogens with one attached hydrogen (secondary N) is 1. The SMILES string of the molecule is CSC1(CNc2ccccc2S(C)(=O)=O)CCC1. The summed E-state index contributed by atoms with van der Waals surface area (Å²) >= 11 is 1.88. The molecule has 0 aliphatic heterocycles. The standard InChI is InChI=1S/C13H19NO2S2/c1-17-13(8-5-9-13)10-14-11-6-3-4-7-12(11)18(2,15)16/h3-4,6-7,14H,5,8-10H2,1-2H3. The van der Waals surface area contributed by atoms with E-state index in [0.29, 0.717) is 9.64 Å². The minimum Gasteiger partial charge on any atom is -0.383 e. The Kier molecular flexibility index (Phi) is 3.92. The summed E-state index contributed by atoms with van der Waals surface area (Å²) < 4.78 is 23.7. The summed E-state index contributed by atoms with van der Waals surface area (Å²) in [5.41, 5.74) is 0.723. The third-order valence-electron chi connectivity index (χ3n) is 3.59. The fourth-order valence-electron chi connectivity index (χ4n) is 2.22. The quantitative estimate of drug-likeness (QED) is 0.903. The molecular weight excluding hydrogens is 266 g/mol. The zero-order valence-electron chi connectivity index (χ0n) is 10.8. The highest BCUT2D eigenvalue weighted by Crippen LogP contribution is 2.42. The molecule has 1 aromatic rings. The topological polar surface area (TPSA) is 46.2 Å². The molecule has 1 aliphatic rings. The second-order valence-corrected chi connectivity index (χ2v) is 8.12.